The predicted molar refractivity (Wildman–Crippen MR) is 85.9 cm³/mol. The molecule has 0 aliphatic heterocycles. The van der Waals surface area contributed by atoms with E-state index in [1.807, 2.05) is 6.07 Å². The Balaban J connectivity index is 2.21. The van der Waals surface area contributed by atoms with Crippen LogP contribution >= 0.6 is 11.3 Å². The van der Waals surface area contributed by atoms with E-state index in [2.05, 4.69) is 10.4 Å². The normalized spacial score (nSPS) is 11.5. The number of aromatic nitrogens is 1. The number of thiazole rings is 1. The molecule has 114 valence electrons. The maximum Gasteiger partial charge on any atom is 0.235 e. The van der Waals surface area contributed by atoms with E-state index in [0.717, 1.165) is 16.0 Å². The summed E-state index contributed by atoms with van der Waals surface area (Å²) in [6.45, 7) is 0. The Kier molecular flexibility index (Phi) is 3.73. The van der Waals surface area contributed by atoms with E-state index in [-0.39, 0.29) is 9.24 Å². The average Bonchev–Trinajstić information content (AvgIpc) is 2.99. The molecule has 0 spiro atoms. The fraction of sp³-hybridized carbons (Fsp3) is 0.0714. The number of hydrogen-bond acceptors (Lipinski definition) is 7. The number of nitrogen functional groups attached to an aromatic ring is 1. The lowest BCUT2D eigenvalue weighted by molar-refractivity contribution is 0.419. The standard InChI is InChI=1S/C14H13N3O3S2/c1-20-10-6-4-7-11-13(10)16-14(21-11)22(18,19)12-8-3-2-5-9(12)17-15/h2-8,17H,15H2,1H3. The minimum Gasteiger partial charge on any atom is -0.494 e. The molecule has 1 heterocycles. The zero-order valence-electron chi connectivity index (χ0n) is 11.6. The molecule has 0 saturated heterocycles. The van der Waals surface area contributed by atoms with E-state index in [4.69, 9.17) is 10.6 Å². The number of benzene rings is 2. The summed E-state index contributed by atoms with van der Waals surface area (Å²) in [7, 11) is -2.24. The molecule has 0 bridgehead atoms. The number of nitrogens with zero attached hydrogens (tertiary/aromatic N) is 1. The van der Waals surface area contributed by atoms with Gasteiger partial charge in [-0.05, 0) is 24.3 Å². The van der Waals surface area contributed by atoms with Crippen LogP contribution in [-0.4, -0.2) is 20.5 Å². The van der Waals surface area contributed by atoms with E-state index in [1.54, 1.807) is 30.3 Å². The van der Waals surface area contributed by atoms with Crippen LogP contribution in [0.1, 0.15) is 0 Å². The van der Waals surface area contributed by atoms with Crippen LogP contribution in [0.2, 0.25) is 0 Å². The van der Waals surface area contributed by atoms with Gasteiger partial charge in [0.1, 0.15) is 11.3 Å². The summed E-state index contributed by atoms with van der Waals surface area (Å²) >= 11 is 1.10. The molecule has 6 nitrogen and oxygen atoms in total. The summed E-state index contributed by atoms with van der Waals surface area (Å²) < 4.78 is 31.6. The zero-order chi connectivity index (χ0) is 15.7. The van der Waals surface area contributed by atoms with Gasteiger partial charge >= 0.3 is 0 Å². The third-order valence-electron chi connectivity index (χ3n) is 3.14. The molecule has 0 radical (unpaired) electrons. The number of hydrogen-bond donors (Lipinski definition) is 2. The van der Waals surface area contributed by atoms with Crippen LogP contribution in [0.5, 0.6) is 5.75 Å². The predicted octanol–water partition coefficient (Wildman–Crippen LogP) is 2.42. The van der Waals surface area contributed by atoms with Gasteiger partial charge in [-0.2, -0.15) is 0 Å². The van der Waals surface area contributed by atoms with Crippen molar-refractivity contribution in [1.29, 1.82) is 0 Å². The Bertz CT molecular complexity index is 935. The van der Waals surface area contributed by atoms with E-state index in [0.29, 0.717) is 17.0 Å². The molecule has 0 amide bonds. The summed E-state index contributed by atoms with van der Waals surface area (Å²) in [5, 5.41) is 0. The number of methoxy groups -OCH3 is 1. The Morgan fingerprint density at radius 2 is 1.95 bits per heavy atom. The van der Waals surface area contributed by atoms with E-state index < -0.39 is 9.84 Å². The summed E-state index contributed by atoms with van der Waals surface area (Å²) in [4.78, 5) is 4.34. The van der Waals surface area contributed by atoms with Gasteiger partial charge in [-0.25, -0.2) is 13.4 Å². The average molecular weight is 335 g/mol. The quantitative estimate of drug-likeness (QED) is 0.562. The van der Waals surface area contributed by atoms with Crippen molar-refractivity contribution in [2.24, 2.45) is 5.84 Å². The highest BCUT2D eigenvalue weighted by Crippen LogP contribution is 2.35. The van der Waals surface area contributed by atoms with Crippen LogP contribution < -0.4 is 16.0 Å². The highest BCUT2D eigenvalue weighted by Gasteiger charge is 2.25. The fourth-order valence-corrected chi connectivity index (χ4v) is 4.86. The Morgan fingerprint density at radius 3 is 2.68 bits per heavy atom. The molecular formula is C14H13N3O3S2. The summed E-state index contributed by atoms with van der Waals surface area (Å²) in [5.41, 5.74) is 3.26. The molecule has 0 fully saturated rings. The number of rotatable bonds is 4. The zero-order valence-corrected chi connectivity index (χ0v) is 13.2. The molecule has 1 aromatic heterocycles. The van der Waals surface area contributed by atoms with Crippen molar-refractivity contribution in [1.82, 2.24) is 4.98 Å². The van der Waals surface area contributed by atoms with Crippen LogP contribution in [0.15, 0.2) is 51.7 Å². The summed E-state index contributed by atoms with van der Waals surface area (Å²) in [6, 6.07) is 11.8. The third-order valence-corrected chi connectivity index (χ3v) is 6.35. The Labute approximate surface area is 131 Å². The Hall–Kier alpha value is -2.16. The molecule has 0 aliphatic carbocycles. The van der Waals surface area contributed by atoms with Crippen molar-refractivity contribution < 1.29 is 13.2 Å². The third kappa shape index (κ3) is 2.31. The lowest BCUT2D eigenvalue weighted by Crippen LogP contribution is -2.12. The molecule has 0 saturated carbocycles. The molecule has 0 unspecified atom stereocenters. The van der Waals surface area contributed by atoms with Gasteiger partial charge in [0.25, 0.3) is 0 Å². The SMILES string of the molecule is COc1cccc2sc(S(=O)(=O)c3ccccc3NN)nc12. The van der Waals surface area contributed by atoms with Gasteiger partial charge in [0.2, 0.25) is 14.2 Å². The minimum atomic E-state index is -3.76. The van der Waals surface area contributed by atoms with Crippen LogP contribution in [0.25, 0.3) is 10.2 Å². The van der Waals surface area contributed by atoms with Gasteiger partial charge in [0.15, 0.2) is 0 Å². The molecule has 3 aromatic rings. The second kappa shape index (κ2) is 5.56. The molecule has 22 heavy (non-hydrogen) atoms. The fourth-order valence-electron chi connectivity index (χ4n) is 2.10. The summed E-state index contributed by atoms with van der Waals surface area (Å²) in [6.07, 6.45) is 0. The smallest absolute Gasteiger partial charge is 0.235 e. The number of para-hydroxylation sites is 2. The number of fused-ring (bicyclic) bond motifs is 1. The largest absolute Gasteiger partial charge is 0.494 e. The van der Waals surface area contributed by atoms with Gasteiger partial charge < -0.3 is 10.2 Å². The number of anilines is 1. The number of nitrogens with one attached hydrogen (secondary N) is 1. The molecule has 3 rings (SSSR count). The van der Waals surface area contributed by atoms with E-state index >= 15 is 0 Å². The topological polar surface area (TPSA) is 94.3 Å². The van der Waals surface area contributed by atoms with Crippen molar-refractivity contribution in [3.05, 3.63) is 42.5 Å². The van der Waals surface area contributed by atoms with Crippen molar-refractivity contribution in [3.63, 3.8) is 0 Å². The van der Waals surface area contributed by atoms with Crippen molar-refractivity contribution in [2.45, 2.75) is 9.24 Å². The van der Waals surface area contributed by atoms with Gasteiger partial charge in [0, 0.05) is 0 Å². The number of nitrogens with two attached hydrogens (primary N) is 1. The molecule has 3 N–H and O–H groups in total. The van der Waals surface area contributed by atoms with Gasteiger partial charge in [-0.15, -0.1) is 11.3 Å². The van der Waals surface area contributed by atoms with Gasteiger partial charge in [0.05, 0.1) is 22.4 Å². The molecule has 2 aromatic carbocycles. The van der Waals surface area contributed by atoms with Crippen LogP contribution in [0.3, 0.4) is 0 Å². The van der Waals surface area contributed by atoms with Crippen LogP contribution in [0.4, 0.5) is 5.69 Å². The first-order valence-electron chi connectivity index (χ1n) is 6.32. The van der Waals surface area contributed by atoms with Crippen LogP contribution in [-0.2, 0) is 9.84 Å². The lowest BCUT2D eigenvalue weighted by Gasteiger charge is -2.07. The second-order valence-electron chi connectivity index (χ2n) is 4.43. The number of sulfone groups is 1. The van der Waals surface area contributed by atoms with E-state index in [9.17, 15) is 8.42 Å². The Morgan fingerprint density at radius 1 is 1.18 bits per heavy atom. The first kappa shape index (κ1) is 14.8. The molecule has 0 atom stereocenters. The minimum absolute atomic E-state index is 0.00898. The first-order chi connectivity index (χ1) is 10.6. The summed E-state index contributed by atoms with van der Waals surface area (Å²) in [5.74, 6) is 5.94. The molecule has 8 heteroatoms. The van der Waals surface area contributed by atoms with Crippen molar-refractivity contribution in [2.75, 3.05) is 12.5 Å². The van der Waals surface area contributed by atoms with Crippen molar-refractivity contribution >= 4 is 37.1 Å². The monoisotopic (exact) mass is 335 g/mol. The van der Waals surface area contributed by atoms with Gasteiger partial charge in [-0.1, -0.05) is 18.2 Å². The van der Waals surface area contributed by atoms with Gasteiger partial charge in [-0.3, -0.25) is 5.84 Å². The first-order valence-corrected chi connectivity index (χ1v) is 8.62. The lowest BCUT2D eigenvalue weighted by atomic mass is 10.3. The molecular weight excluding hydrogens is 322 g/mol. The maximum atomic E-state index is 12.8. The number of hydrazine groups is 1. The maximum absolute atomic E-state index is 12.8. The van der Waals surface area contributed by atoms with Crippen LogP contribution in [0, 0.1) is 0 Å². The van der Waals surface area contributed by atoms with Crippen molar-refractivity contribution in [3.8, 4) is 5.75 Å². The number of ether oxygens (including phenoxy) is 1. The second-order valence-corrected chi connectivity index (χ2v) is 7.55. The van der Waals surface area contributed by atoms with E-state index in [1.165, 1.54) is 13.2 Å². The molecule has 0 aliphatic rings. The highest BCUT2D eigenvalue weighted by molar-refractivity contribution is 7.93. The highest BCUT2D eigenvalue weighted by atomic mass is 32.2.